The summed E-state index contributed by atoms with van der Waals surface area (Å²) in [5, 5.41) is 9.60. The highest BCUT2D eigenvalue weighted by Crippen LogP contribution is 2.65. The van der Waals surface area contributed by atoms with Crippen molar-refractivity contribution in [2.45, 2.75) is 28.0 Å². The highest BCUT2D eigenvalue weighted by atomic mass is 79.9. The molecular formula is C22H17Br3Cl2FNO3. The molecule has 0 bridgehead atoms. The molecule has 1 saturated carbocycles. The number of hydrogen-bond donors (Lipinski definition) is 0. The van der Waals surface area contributed by atoms with E-state index in [0.29, 0.717) is 11.5 Å². The zero-order chi connectivity index (χ0) is 23.8. The summed E-state index contributed by atoms with van der Waals surface area (Å²) in [4.78, 5) is 12.4. The third-order valence-corrected chi connectivity index (χ3v) is 9.33. The fourth-order valence-corrected chi connectivity index (χ4v) is 5.46. The Balaban J connectivity index is 1.78. The topological polar surface area (TPSA) is 59.3 Å². The normalized spacial score (nSPS) is 21.2. The van der Waals surface area contributed by atoms with Crippen LogP contribution in [0.5, 0.6) is 11.5 Å². The van der Waals surface area contributed by atoms with Crippen molar-refractivity contribution >= 4 is 77.0 Å². The van der Waals surface area contributed by atoms with Crippen LogP contribution in [0, 0.1) is 34.4 Å². The third kappa shape index (κ3) is 5.61. The molecular weight excluding hydrogens is 656 g/mol. The maximum atomic E-state index is 14.5. The zero-order valence-corrected chi connectivity index (χ0v) is 23.1. The van der Waals surface area contributed by atoms with E-state index in [4.69, 9.17) is 32.7 Å². The van der Waals surface area contributed by atoms with Crippen molar-refractivity contribution in [3.05, 3.63) is 58.3 Å². The maximum Gasteiger partial charge on any atom is 0.311 e. The van der Waals surface area contributed by atoms with E-state index in [1.165, 1.54) is 18.2 Å². The molecule has 0 amide bonds. The first kappa shape index (κ1) is 25.8. The number of rotatable bonds is 7. The second-order valence-corrected chi connectivity index (χ2v) is 13.4. The number of nitrogens with zero attached hydrogens (tertiary/aromatic N) is 1. The second kappa shape index (κ2) is 9.79. The minimum Gasteiger partial charge on any atom is -0.457 e. The molecule has 0 saturated heterocycles. The van der Waals surface area contributed by atoms with Crippen LogP contribution in [0.25, 0.3) is 0 Å². The van der Waals surface area contributed by atoms with Crippen molar-refractivity contribution in [1.82, 2.24) is 0 Å². The monoisotopic (exact) mass is 669 g/mol. The number of carbonyl (C=O) groups excluding carboxylic acids is 1. The van der Waals surface area contributed by atoms with Crippen LogP contribution in [0.1, 0.15) is 25.5 Å². The molecule has 2 aromatic rings. The molecule has 3 rings (SSSR count). The van der Waals surface area contributed by atoms with Gasteiger partial charge in [-0.2, -0.15) is 5.26 Å². The quantitative estimate of drug-likeness (QED) is 0.221. The van der Waals surface area contributed by atoms with Crippen LogP contribution in [0.3, 0.4) is 0 Å². The third-order valence-electron chi connectivity index (χ3n) is 5.44. The van der Waals surface area contributed by atoms with Gasteiger partial charge in [-0.05, 0) is 69.7 Å². The highest BCUT2D eigenvalue weighted by Gasteiger charge is 2.67. The van der Waals surface area contributed by atoms with E-state index < -0.39 is 37.3 Å². The molecule has 4 unspecified atom stereocenters. The highest BCUT2D eigenvalue weighted by molar-refractivity contribution is 9.13. The van der Waals surface area contributed by atoms with Crippen molar-refractivity contribution in [2.75, 3.05) is 0 Å². The van der Waals surface area contributed by atoms with Crippen LogP contribution < -0.4 is 4.74 Å². The lowest BCUT2D eigenvalue weighted by Crippen LogP contribution is -2.24. The van der Waals surface area contributed by atoms with E-state index in [1.807, 2.05) is 19.9 Å². The largest absolute Gasteiger partial charge is 0.457 e. The molecule has 0 N–H and O–H groups in total. The molecule has 1 aliphatic carbocycles. The van der Waals surface area contributed by atoms with Gasteiger partial charge in [0.25, 0.3) is 0 Å². The lowest BCUT2D eigenvalue weighted by Gasteiger charge is -2.20. The van der Waals surface area contributed by atoms with Gasteiger partial charge in [0.15, 0.2) is 3.24 Å². The molecule has 170 valence electrons. The molecule has 4 nitrogen and oxygen atoms in total. The summed E-state index contributed by atoms with van der Waals surface area (Å²) in [6.07, 6.45) is -1.44. The predicted octanol–water partition coefficient (Wildman–Crippen LogP) is 8.05. The number of ether oxygens (including phenoxy) is 2. The number of nitriles is 1. The van der Waals surface area contributed by atoms with Gasteiger partial charge in [-0.1, -0.05) is 68.9 Å². The van der Waals surface area contributed by atoms with Gasteiger partial charge in [0.2, 0.25) is 6.10 Å². The Bertz CT molecular complexity index is 1050. The lowest BCUT2D eigenvalue weighted by molar-refractivity contribution is -0.149. The Morgan fingerprint density at radius 1 is 1.22 bits per heavy atom. The molecule has 0 aromatic heterocycles. The van der Waals surface area contributed by atoms with E-state index in [9.17, 15) is 14.4 Å². The molecule has 10 heteroatoms. The molecule has 0 radical (unpaired) electrons. The summed E-state index contributed by atoms with van der Waals surface area (Å²) >= 11 is 22.2. The molecule has 0 aliphatic heterocycles. The molecule has 1 aliphatic rings. The van der Waals surface area contributed by atoms with E-state index in [1.54, 1.807) is 24.3 Å². The molecule has 4 atom stereocenters. The first-order valence-electron chi connectivity index (χ1n) is 9.40. The summed E-state index contributed by atoms with van der Waals surface area (Å²) in [6, 6.07) is 12.9. The SMILES string of the molecule is CC1(C)C(C(=O)OC(C#N)c2cc(Oc3ccc(Br)cc3)ccc2F)C1C(Br)C(Cl)(Cl)Br. The first-order valence-corrected chi connectivity index (χ1v) is 12.7. The standard InChI is InChI=1S/C22H17Br3Cl2FNO3/c1-21(2)17(19(24)22(25,26)27)18(21)20(30)32-16(10-29)14-9-13(7-8-15(14)28)31-12-5-3-11(23)4-6-12/h3-9,16-19H,1-2H3. The van der Waals surface area contributed by atoms with Crippen molar-refractivity contribution in [3.8, 4) is 17.6 Å². The van der Waals surface area contributed by atoms with Gasteiger partial charge in [0, 0.05) is 10.0 Å². The van der Waals surface area contributed by atoms with Gasteiger partial charge in [0.05, 0.1) is 10.7 Å². The van der Waals surface area contributed by atoms with Crippen molar-refractivity contribution in [3.63, 3.8) is 0 Å². The van der Waals surface area contributed by atoms with Gasteiger partial charge in [-0.15, -0.1) is 0 Å². The van der Waals surface area contributed by atoms with E-state index in [0.717, 1.165) is 4.47 Å². The predicted molar refractivity (Wildman–Crippen MR) is 132 cm³/mol. The Kier molecular flexibility index (Phi) is 7.88. The number of esters is 1. The summed E-state index contributed by atoms with van der Waals surface area (Å²) in [6.45, 7) is 3.75. The summed E-state index contributed by atoms with van der Waals surface area (Å²) in [5.41, 5.74) is -0.565. The first-order chi connectivity index (χ1) is 14.9. The average molecular weight is 673 g/mol. The van der Waals surface area contributed by atoms with E-state index in [2.05, 4.69) is 47.8 Å². The fourth-order valence-electron chi connectivity index (χ4n) is 3.65. The van der Waals surface area contributed by atoms with Gasteiger partial charge in [-0.25, -0.2) is 4.39 Å². The van der Waals surface area contributed by atoms with Crippen molar-refractivity contribution in [2.24, 2.45) is 17.3 Å². The lowest BCUT2D eigenvalue weighted by atomic mass is 10.1. The van der Waals surface area contributed by atoms with E-state index >= 15 is 0 Å². The molecule has 0 heterocycles. The van der Waals surface area contributed by atoms with Gasteiger partial charge >= 0.3 is 5.97 Å². The van der Waals surface area contributed by atoms with Gasteiger partial charge < -0.3 is 9.47 Å². The Hall–Kier alpha value is -0.850. The van der Waals surface area contributed by atoms with Gasteiger partial charge in [0.1, 0.15) is 23.4 Å². The number of hydrogen-bond acceptors (Lipinski definition) is 4. The van der Waals surface area contributed by atoms with Crippen LogP contribution in [0.2, 0.25) is 0 Å². The van der Waals surface area contributed by atoms with Crippen LogP contribution in [0.15, 0.2) is 46.9 Å². The number of alkyl halides is 4. The van der Waals surface area contributed by atoms with Crippen molar-refractivity contribution in [1.29, 1.82) is 5.26 Å². The average Bonchev–Trinajstić information content (AvgIpc) is 3.29. The number of halogens is 6. The summed E-state index contributed by atoms with van der Waals surface area (Å²) in [5.74, 6) is -1.29. The van der Waals surface area contributed by atoms with E-state index in [-0.39, 0.29) is 11.5 Å². The maximum absolute atomic E-state index is 14.5. The smallest absolute Gasteiger partial charge is 0.311 e. The van der Waals surface area contributed by atoms with Crippen LogP contribution in [-0.2, 0) is 9.53 Å². The zero-order valence-electron chi connectivity index (χ0n) is 16.8. The van der Waals surface area contributed by atoms with Crippen LogP contribution >= 0.6 is 71.0 Å². The molecule has 2 aromatic carbocycles. The Morgan fingerprint density at radius 3 is 2.38 bits per heavy atom. The van der Waals surface area contributed by atoms with Crippen LogP contribution in [-0.4, -0.2) is 14.0 Å². The van der Waals surface area contributed by atoms with Gasteiger partial charge in [-0.3, -0.25) is 4.79 Å². The Morgan fingerprint density at radius 2 is 1.81 bits per heavy atom. The Labute approximate surface area is 220 Å². The molecule has 32 heavy (non-hydrogen) atoms. The fraction of sp³-hybridized carbons (Fsp3) is 0.364. The minimum absolute atomic E-state index is 0.0922. The van der Waals surface area contributed by atoms with Crippen molar-refractivity contribution < 1.29 is 18.7 Å². The molecule has 0 spiro atoms. The summed E-state index contributed by atoms with van der Waals surface area (Å²) in [7, 11) is 0. The number of benzene rings is 2. The number of carbonyl (C=O) groups is 1. The molecule has 1 fully saturated rings. The summed E-state index contributed by atoms with van der Waals surface area (Å²) < 4.78 is 25.3. The second-order valence-electron chi connectivity index (χ2n) is 7.95. The van der Waals surface area contributed by atoms with Crippen LogP contribution in [0.4, 0.5) is 4.39 Å². The minimum atomic E-state index is -1.44.